The molecule has 0 atom stereocenters. The van der Waals surface area contributed by atoms with Crippen molar-refractivity contribution in [2.45, 2.75) is 27.3 Å². The van der Waals surface area contributed by atoms with Gasteiger partial charge in [-0.2, -0.15) is 0 Å². The topological polar surface area (TPSA) is 22.0 Å². The first kappa shape index (κ1) is 12.2. The van der Waals surface area contributed by atoms with Crippen molar-refractivity contribution in [1.29, 1.82) is 0 Å². The van der Waals surface area contributed by atoms with Crippen molar-refractivity contribution in [3.63, 3.8) is 0 Å². The fraction of sp³-hybridized carbons (Fsp3) is 0.357. The third kappa shape index (κ3) is 2.09. The van der Waals surface area contributed by atoms with Gasteiger partial charge in [-0.3, -0.25) is 4.79 Å². The van der Waals surface area contributed by atoms with E-state index in [9.17, 15) is 4.79 Å². The first-order valence-electron chi connectivity index (χ1n) is 5.78. The Bertz CT molecular complexity index is 569. The number of aldehydes is 1. The molecule has 0 spiro atoms. The summed E-state index contributed by atoms with van der Waals surface area (Å²) in [6, 6.07) is 6.10. The number of aromatic nitrogens is 1. The number of hydrogen-bond acceptors (Lipinski definition) is 1. The van der Waals surface area contributed by atoms with E-state index < -0.39 is 0 Å². The highest BCUT2D eigenvalue weighted by atomic mass is 35.5. The molecule has 3 heteroatoms. The number of fused-ring (bicyclic) bond motifs is 1. The molecular weight excluding hydrogens is 234 g/mol. The van der Waals surface area contributed by atoms with E-state index in [1.54, 1.807) is 0 Å². The number of halogens is 1. The zero-order chi connectivity index (χ0) is 12.6. The summed E-state index contributed by atoms with van der Waals surface area (Å²) in [5, 5.41) is 1.50. The minimum Gasteiger partial charge on any atom is -0.331 e. The molecular formula is C14H16ClNO. The van der Waals surface area contributed by atoms with Crippen molar-refractivity contribution in [3.05, 3.63) is 34.5 Å². The van der Waals surface area contributed by atoms with Crippen molar-refractivity contribution in [2.75, 3.05) is 0 Å². The molecule has 0 aliphatic heterocycles. The lowest BCUT2D eigenvalue weighted by Gasteiger charge is -2.09. The molecule has 1 aromatic heterocycles. The Labute approximate surface area is 106 Å². The van der Waals surface area contributed by atoms with E-state index in [1.165, 1.54) is 0 Å². The monoisotopic (exact) mass is 249 g/mol. The molecule has 1 aromatic carbocycles. The molecule has 2 rings (SSSR count). The van der Waals surface area contributed by atoms with Crippen molar-refractivity contribution in [2.24, 2.45) is 5.92 Å². The van der Waals surface area contributed by atoms with Gasteiger partial charge >= 0.3 is 0 Å². The second-order valence-electron chi connectivity index (χ2n) is 4.85. The van der Waals surface area contributed by atoms with Crippen molar-refractivity contribution < 1.29 is 4.79 Å². The van der Waals surface area contributed by atoms with Crippen LogP contribution in [0.1, 0.15) is 29.8 Å². The molecule has 90 valence electrons. The first-order valence-corrected chi connectivity index (χ1v) is 6.16. The molecule has 0 unspecified atom stereocenters. The summed E-state index contributed by atoms with van der Waals surface area (Å²) in [7, 11) is 0. The van der Waals surface area contributed by atoms with Gasteiger partial charge in [-0.15, -0.1) is 0 Å². The van der Waals surface area contributed by atoms with E-state index in [4.69, 9.17) is 11.6 Å². The highest BCUT2D eigenvalue weighted by Crippen LogP contribution is 2.30. The lowest BCUT2D eigenvalue weighted by Crippen LogP contribution is -2.04. The summed E-state index contributed by atoms with van der Waals surface area (Å²) in [4.78, 5) is 11.2. The fourth-order valence-corrected chi connectivity index (χ4v) is 2.43. The summed E-state index contributed by atoms with van der Waals surface area (Å²) in [5.41, 5.74) is 2.78. The van der Waals surface area contributed by atoms with Crippen LogP contribution in [0.25, 0.3) is 10.9 Å². The molecule has 0 aliphatic carbocycles. The summed E-state index contributed by atoms with van der Waals surface area (Å²) in [6.45, 7) is 7.11. The van der Waals surface area contributed by atoms with Gasteiger partial charge < -0.3 is 4.57 Å². The fourth-order valence-electron chi connectivity index (χ4n) is 2.12. The number of carbonyl (C=O) groups excluding carboxylic acids is 1. The van der Waals surface area contributed by atoms with E-state index >= 15 is 0 Å². The maximum Gasteiger partial charge on any atom is 0.153 e. The van der Waals surface area contributed by atoms with Crippen molar-refractivity contribution in [3.8, 4) is 0 Å². The molecule has 0 amide bonds. The van der Waals surface area contributed by atoms with Crippen molar-refractivity contribution >= 4 is 28.8 Å². The van der Waals surface area contributed by atoms with Crippen LogP contribution in [0.2, 0.25) is 5.15 Å². The quantitative estimate of drug-likeness (QED) is 0.752. The minimum atomic E-state index is 0.490. The average molecular weight is 250 g/mol. The second kappa shape index (κ2) is 4.53. The van der Waals surface area contributed by atoms with Crippen LogP contribution in [0.5, 0.6) is 0 Å². The van der Waals surface area contributed by atoms with Crippen LogP contribution in [0.4, 0.5) is 0 Å². The zero-order valence-corrected chi connectivity index (χ0v) is 11.1. The smallest absolute Gasteiger partial charge is 0.153 e. The SMILES string of the molecule is Cc1ccc2c(c1)c(C=O)c(Cl)n2CC(C)C. The van der Waals surface area contributed by atoms with Crippen LogP contribution in [0, 0.1) is 12.8 Å². The Morgan fingerprint density at radius 1 is 1.41 bits per heavy atom. The lowest BCUT2D eigenvalue weighted by atomic mass is 10.1. The number of rotatable bonds is 3. The standard InChI is InChI=1S/C14H16ClNO/c1-9(2)7-16-13-5-4-10(3)6-11(13)12(8-17)14(16)15/h4-6,8-9H,7H2,1-3H3. The Morgan fingerprint density at radius 3 is 2.71 bits per heavy atom. The predicted octanol–water partition coefficient (Wildman–Crippen LogP) is 4.07. The molecule has 17 heavy (non-hydrogen) atoms. The Kier molecular flexibility index (Phi) is 3.25. The molecule has 0 saturated carbocycles. The molecule has 0 fully saturated rings. The lowest BCUT2D eigenvalue weighted by molar-refractivity contribution is 0.112. The summed E-state index contributed by atoms with van der Waals surface area (Å²) < 4.78 is 2.02. The molecule has 0 N–H and O–H groups in total. The van der Waals surface area contributed by atoms with E-state index in [-0.39, 0.29) is 0 Å². The van der Waals surface area contributed by atoms with Gasteiger partial charge in [0.05, 0.1) is 5.56 Å². The van der Waals surface area contributed by atoms with Crippen LogP contribution in [0.15, 0.2) is 18.2 Å². The van der Waals surface area contributed by atoms with Gasteiger partial charge in [-0.05, 0) is 25.0 Å². The predicted molar refractivity (Wildman–Crippen MR) is 71.9 cm³/mol. The van der Waals surface area contributed by atoms with E-state index in [0.717, 1.165) is 29.3 Å². The number of aryl methyl sites for hydroxylation is 1. The molecule has 2 nitrogen and oxygen atoms in total. The van der Waals surface area contributed by atoms with Gasteiger partial charge in [0.25, 0.3) is 0 Å². The zero-order valence-electron chi connectivity index (χ0n) is 10.3. The average Bonchev–Trinajstić information content (AvgIpc) is 2.50. The maximum absolute atomic E-state index is 11.2. The summed E-state index contributed by atoms with van der Waals surface area (Å²) in [5.74, 6) is 0.490. The first-order chi connectivity index (χ1) is 8.04. The van der Waals surface area contributed by atoms with Crippen LogP contribution in [0.3, 0.4) is 0 Å². The number of hydrogen-bond donors (Lipinski definition) is 0. The van der Waals surface area contributed by atoms with Crippen LogP contribution in [-0.4, -0.2) is 10.9 Å². The van der Waals surface area contributed by atoms with Crippen LogP contribution < -0.4 is 0 Å². The Hall–Kier alpha value is -1.28. The normalized spacial score (nSPS) is 11.4. The third-order valence-corrected chi connectivity index (χ3v) is 3.27. The van der Waals surface area contributed by atoms with Crippen LogP contribution in [-0.2, 0) is 6.54 Å². The molecule has 2 aromatic rings. The molecule has 0 saturated heterocycles. The van der Waals surface area contributed by atoms with Gasteiger partial charge in [-0.1, -0.05) is 37.1 Å². The summed E-state index contributed by atoms with van der Waals surface area (Å²) >= 11 is 6.28. The number of carbonyl (C=O) groups is 1. The molecule has 0 bridgehead atoms. The van der Waals surface area contributed by atoms with E-state index in [0.29, 0.717) is 16.6 Å². The maximum atomic E-state index is 11.2. The Morgan fingerprint density at radius 2 is 2.12 bits per heavy atom. The number of benzene rings is 1. The van der Waals surface area contributed by atoms with E-state index in [1.807, 2.05) is 29.7 Å². The number of nitrogens with zero attached hydrogens (tertiary/aromatic N) is 1. The second-order valence-corrected chi connectivity index (χ2v) is 5.21. The van der Waals surface area contributed by atoms with Gasteiger partial charge in [0.1, 0.15) is 5.15 Å². The summed E-state index contributed by atoms with van der Waals surface area (Å²) in [6.07, 6.45) is 0.848. The molecule has 0 radical (unpaired) electrons. The van der Waals surface area contributed by atoms with Gasteiger partial charge in [0, 0.05) is 17.4 Å². The van der Waals surface area contributed by atoms with Gasteiger partial charge in [-0.25, -0.2) is 0 Å². The third-order valence-electron chi connectivity index (χ3n) is 2.86. The highest BCUT2D eigenvalue weighted by molar-refractivity contribution is 6.34. The van der Waals surface area contributed by atoms with Gasteiger partial charge in [0.15, 0.2) is 6.29 Å². The van der Waals surface area contributed by atoms with E-state index in [2.05, 4.69) is 13.8 Å². The Balaban J connectivity index is 2.75. The molecule has 1 heterocycles. The minimum absolute atomic E-state index is 0.490. The van der Waals surface area contributed by atoms with Crippen molar-refractivity contribution in [1.82, 2.24) is 4.57 Å². The molecule has 0 aliphatic rings. The van der Waals surface area contributed by atoms with Gasteiger partial charge in [0.2, 0.25) is 0 Å². The highest BCUT2D eigenvalue weighted by Gasteiger charge is 2.15. The van der Waals surface area contributed by atoms with Crippen LogP contribution >= 0.6 is 11.6 Å². The largest absolute Gasteiger partial charge is 0.331 e.